The highest BCUT2D eigenvalue weighted by Crippen LogP contribution is 2.40. The Kier molecular flexibility index (Phi) is 7.51. The first-order valence-electron chi connectivity index (χ1n) is 11.2. The van der Waals surface area contributed by atoms with Crippen LogP contribution in [-0.2, 0) is 11.4 Å². The third-order valence-electron chi connectivity index (χ3n) is 6.16. The summed E-state index contributed by atoms with van der Waals surface area (Å²) in [6, 6.07) is 6.83. The second-order valence-electron chi connectivity index (χ2n) is 8.52. The van der Waals surface area contributed by atoms with E-state index in [1.807, 2.05) is 0 Å². The second-order valence-corrected chi connectivity index (χ2v) is 8.52. The van der Waals surface area contributed by atoms with Gasteiger partial charge in [-0.2, -0.15) is 0 Å². The smallest absolute Gasteiger partial charge is 0.257 e. The third-order valence-corrected chi connectivity index (χ3v) is 6.16. The van der Waals surface area contributed by atoms with Crippen molar-refractivity contribution < 1.29 is 32.2 Å². The molecule has 2 aromatic heterocycles. The summed E-state index contributed by atoms with van der Waals surface area (Å²) in [5.41, 5.74) is 0.391. The van der Waals surface area contributed by atoms with Crippen molar-refractivity contribution in [3.63, 3.8) is 0 Å². The zero-order valence-electron chi connectivity index (χ0n) is 19.3. The number of nitrogens with one attached hydrogen (secondary N) is 1. The summed E-state index contributed by atoms with van der Waals surface area (Å²) in [5, 5.41) is 12.0. The first kappa shape index (κ1) is 25.5. The van der Waals surface area contributed by atoms with Gasteiger partial charge in [-0.15, -0.1) is 0 Å². The number of alkyl halides is 2. The van der Waals surface area contributed by atoms with E-state index in [1.54, 1.807) is 24.0 Å². The van der Waals surface area contributed by atoms with Gasteiger partial charge in [0, 0.05) is 43.5 Å². The Bertz CT molecular complexity index is 1210. The van der Waals surface area contributed by atoms with Gasteiger partial charge in [0.2, 0.25) is 5.91 Å². The average Bonchev–Trinajstić information content (AvgIpc) is 2.86. The van der Waals surface area contributed by atoms with Crippen LogP contribution < -0.4 is 10.1 Å². The summed E-state index contributed by atoms with van der Waals surface area (Å²) >= 11 is 0. The van der Waals surface area contributed by atoms with Crippen molar-refractivity contribution in [3.05, 3.63) is 77.8 Å². The van der Waals surface area contributed by atoms with E-state index in [2.05, 4.69) is 15.3 Å². The molecule has 1 saturated heterocycles. The molecule has 3 aromatic rings. The van der Waals surface area contributed by atoms with Gasteiger partial charge >= 0.3 is 0 Å². The standard InChI is InChI=1S/C25H24F4N4O3/c1-15(33-9-6-25(28,29)20(13-33)16-4-7-30-8-5-16)24(35)32-22-3-2-19(12-31-22)36-23-17(14-34)10-18(26)11-21(23)27/h2-5,7-8,10-12,15,20,34H,6,9,13-14H2,1H3,(H,31,32,35)/t15?,20-/m1/s1. The number of pyridine rings is 2. The molecular formula is C25H24F4N4O3. The SMILES string of the molecule is CC(C(=O)Nc1ccc(Oc2c(F)cc(F)cc2CO)cn1)N1CCC(F)(F)[C@@H](c2ccncc2)C1. The molecule has 3 heterocycles. The van der Waals surface area contributed by atoms with Crippen molar-refractivity contribution in [3.8, 4) is 11.5 Å². The molecule has 0 saturated carbocycles. The number of carbonyl (C=O) groups is 1. The zero-order valence-corrected chi connectivity index (χ0v) is 19.3. The van der Waals surface area contributed by atoms with E-state index in [-0.39, 0.29) is 42.4 Å². The number of ether oxygens (including phenoxy) is 1. The molecule has 11 heteroatoms. The largest absolute Gasteiger partial charge is 0.452 e. The molecule has 1 aromatic carbocycles. The lowest BCUT2D eigenvalue weighted by Crippen LogP contribution is -2.52. The molecule has 1 fully saturated rings. The predicted molar refractivity (Wildman–Crippen MR) is 123 cm³/mol. The lowest BCUT2D eigenvalue weighted by Gasteiger charge is -2.40. The molecule has 36 heavy (non-hydrogen) atoms. The van der Waals surface area contributed by atoms with Gasteiger partial charge in [0.1, 0.15) is 17.4 Å². The van der Waals surface area contributed by atoms with Crippen molar-refractivity contribution >= 4 is 11.7 Å². The summed E-state index contributed by atoms with van der Waals surface area (Å²) in [4.78, 5) is 22.5. The van der Waals surface area contributed by atoms with Crippen LogP contribution in [0.1, 0.15) is 30.4 Å². The number of carbonyl (C=O) groups excluding carboxylic acids is 1. The number of nitrogens with zero attached hydrogens (tertiary/aromatic N) is 3. The molecular weight excluding hydrogens is 480 g/mol. The van der Waals surface area contributed by atoms with Gasteiger partial charge in [-0.25, -0.2) is 22.5 Å². The van der Waals surface area contributed by atoms with Crippen molar-refractivity contribution in [2.75, 3.05) is 18.4 Å². The fourth-order valence-electron chi connectivity index (χ4n) is 4.10. The van der Waals surface area contributed by atoms with Gasteiger partial charge in [0.25, 0.3) is 5.92 Å². The van der Waals surface area contributed by atoms with E-state index < -0.39 is 42.0 Å². The minimum atomic E-state index is -2.90. The second kappa shape index (κ2) is 10.6. The summed E-state index contributed by atoms with van der Waals surface area (Å²) in [5.74, 6) is -6.28. The number of piperidine rings is 1. The van der Waals surface area contributed by atoms with Crippen LogP contribution in [0.4, 0.5) is 23.4 Å². The molecule has 2 N–H and O–H groups in total. The maximum Gasteiger partial charge on any atom is 0.257 e. The normalized spacial score (nSPS) is 18.4. The van der Waals surface area contributed by atoms with Crippen molar-refractivity contribution in [1.29, 1.82) is 0 Å². The molecule has 1 amide bonds. The number of anilines is 1. The minimum Gasteiger partial charge on any atom is -0.452 e. The van der Waals surface area contributed by atoms with Gasteiger partial charge in [-0.05, 0) is 42.8 Å². The molecule has 1 unspecified atom stereocenters. The monoisotopic (exact) mass is 504 g/mol. The molecule has 7 nitrogen and oxygen atoms in total. The lowest BCUT2D eigenvalue weighted by molar-refractivity contribution is -0.125. The Balaban J connectivity index is 1.40. The summed E-state index contributed by atoms with van der Waals surface area (Å²) in [6.07, 6.45) is 3.78. The molecule has 1 aliphatic heterocycles. The van der Waals surface area contributed by atoms with Gasteiger partial charge in [-0.1, -0.05) is 0 Å². The van der Waals surface area contributed by atoms with E-state index in [0.717, 1.165) is 6.07 Å². The molecule has 0 aliphatic carbocycles. The molecule has 2 atom stereocenters. The summed E-state index contributed by atoms with van der Waals surface area (Å²) in [7, 11) is 0. The summed E-state index contributed by atoms with van der Waals surface area (Å²) < 4.78 is 62.0. The fraction of sp³-hybridized carbons (Fsp3) is 0.320. The minimum absolute atomic E-state index is 0.00221. The highest BCUT2D eigenvalue weighted by atomic mass is 19.3. The van der Waals surface area contributed by atoms with Gasteiger partial charge in [0.15, 0.2) is 11.6 Å². The molecule has 190 valence electrons. The van der Waals surface area contributed by atoms with Crippen LogP contribution in [0.3, 0.4) is 0 Å². The van der Waals surface area contributed by atoms with Crippen LogP contribution >= 0.6 is 0 Å². The predicted octanol–water partition coefficient (Wildman–Crippen LogP) is 4.49. The first-order valence-corrected chi connectivity index (χ1v) is 11.2. The quantitative estimate of drug-likeness (QED) is 0.461. The van der Waals surface area contributed by atoms with Crippen LogP contribution in [0.2, 0.25) is 0 Å². The number of aliphatic hydroxyl groups excluding tert-OH is 1. The Morgan fingerprint density at radius 3 is 2.67 bits per heavy atom. The highest BCUT2D eigenvalue weighted by Gasteiger charge is 2.46. The molecule has 0 bridgehead atoms. The number of likely N-dealkylation sites (tertiary alicyclic amines) is 1. The number of benzene rings is 1. The van der Waals surface area contributed by atoms with Crippen molar-refractivity contribution in [2.24, 2.45) is 0 Å². The number of halogens is 4. The fourth-order valence-corrected chi connectivity index (χ4v) is 4.10. The molecule has 1 aliphatic rings. The number of hydrogen-bond donors (Lipinski definition) is 2. The topological polar surface area (TPSA) is 87.6 Å². The van der Waals surface area contributed by atoms with Crippen molar-refractivity contribution in [2.45, 2.75) is 37.8 Å². The van der Waals surface area contributed by atoms with Crippen LogP contribution in [0, 0.1) is 11.6 Å². The average molecular weight is 504 g/mol. The van der Waals surface area contributed by atoms with Crippen LogP contribution in [0.5, 0.6) is 11.5 Å². The maximum atomic E-state index is 14.6. The highest BCUT2D eigenvalue weighted by molar-refractivity contribution is 5.93. The Morgan fingerprint density at radius 2 is 2.00 bits per heavy atom. The van der Waals surface area contributed by atoms with Crippen molar-refractivity contribution in [1.82, 2.24) is 14.9 Å². The van der Waals surface area contributed by atoms with Crippen LogP contribution in [0.15, 0.2) is 55.0 Å². The third kappa shape index (κ3) is 5.63. The number of rotatable bonds is 7. The summed E-state index contributed by atoms with van der Waals surface area (Å²) in [6.45, 7) is 1.06. The number of aliphatic hydroxyl groups is 1. The van der Waals surface area contributed by atoms with Gasteiger partial charge in [-0.3, -0.25) is 14.7 Å². The van der Waals surface area contributed by atoms with E-state index in [4.69, 9.17) is 4.74 Å². The van der Waals surface area contributed by atoms with Gasteiger partial charge < -0.3 is 15.2 Å². The zero-order chi connectivity index (χ0) is 25.9. The van der Waals surface area contributed by atoms with E-state index in [9.17, 15) is 27.5 Å². The maximum absolute atomic E-state index is 14.6. The Labute approximate surface area is 204 Å². The van der Waals surface area contributed by atoms with E-state index >= 15 is 0 Å². The Morgan fingerprint density at radius 1 is 1.25 bits per heavy atom. The first-order chi connectivity index (χ1) is 17.2. The lowest BCUT2D eigenvalue weighted by atomic mass is 9.87. The molecule has 4 rings (SSSR count). The van der Waals surface area contributed by atoms with E-state index in [0.29, 0.717) is 11.6 Å². The van der Waals surface area contributed by atoms with Crippen LogP contribution in [0.25, 0.3) is 0 Å². The number of aromatic nitrogens is 2. The Hall–Kier alpha value is -3.57. The van der Waals surface area contributed by atoms with Crippen LogP contribution in [-0.4, -0.2) is 50.9 Å². The van der Waals surface area contributed by atoms with Gasteiger partial charge in [0.05, 0.1) is 24.8 Å². The number of amides is 1. The molecule has 0 radical (unpaired) electrons. The number of hydrogen-bond acceptors (Lipinski definition) is 6. The van der Waals surface area contributed by atoms with E-state index in [1.165, 1.54) is 30.7 Å². The molecule has 0 spiro atoms.